The lowest BCUT2D eigenvalue weighted by atomic mass is 10.2. The van der Waals surface area contributed by atoms with E-state index in [1.165, 1.54) is 0 Å². The fourth-order valence-electron chi connectivity index (χ4n) is 1.90. The van der Waals surface area contributed by atoms with Gasteiger partial charge in [0.1, 0.15) is 0 Å². The van der Waals surface area contributed by atoms with Gasteiger partial charge in [-0.05, 0) is 19.1 Å². The molecule has 0 aliphatic rings. The molecule has 4 nitrogen and oxygen atoms in total. The predicted molar refractivity (Wildman–Crippen MR) is 70.5 cm³/mol. The molecule has 0 radical (unpaired) electrons. The summed E-state index contributed by atoms with van der Waals surface area (Å²) in [4.78, 5) is 2.13. The van der Waals surface area contributed by atoms with Crippen LogP contribution in [0.5, 0.6) is 0 Å². The van der Waals surface area contributed by atoms with Crippen molar-refractivity contribution in [3.63, 3.8) is 0 Å². The van der Waals surface area contributed by atoms with Gasteiger partial charge in [-0.15, -0.1) is 0 Å². The molecule has 0 saturated heterocycles. The Morgan fingerprint density at radius 2 is 2.00 bits per heavy atom. The Hall–Kier alpha value is -1.81. The van der Waals surface area contributed by atoms with Crippen LogP contribution in [-0.2, 0) is 6.54 Å². The molecule has 0 bridgehead atoms. The Morgan fingerprint density at radius 3 is 2.65 bits per heavy atom. The Bertz CT molecular complexity index is 475. The van der Waals surface area contributed by atoms with Crippen molar-refractivity contribution in [3.8, 4) is 0 Å². The van der Waals surface area contributed by atoms with Gasteiger partial charge >= 0.3 is 0 Å². The molecule has 17 heavy (non-hydrogen) atoms. The molecule has 2 aromatic rings. The molecule has 4 heteroatoms. The van der Waals surface area contributed by atoms with Gasteiger partial charge < -0.3 is 10.6 Å². The molecule has 0 atom stereocenters. The maximum atomic E-state index is 5.55. The first-order valence-electron chi connectivity index (χ1n) is 5.75. The summed E-state index contributed by atoms with van der Waals surface area (Å²) < 4.78 is 1.94. The third kappa shape index (κ3) is 2.31. The predicted octanol–water partition coefficient (Wildman–Crippen LogP) is 1.92. The van der Waals surface area contributed by atoms with Crippen LogP contribution < -0.4 is 10.6 Å². The van der Waals surface area contributed by atoms with E-state index in [2.05, 4.69) is 29.1 Å². The highest BCUT2D eigenvalue weighted by Gasteiger charge is 2.11. The van der Waals surface area contributed by atoms with E-state index < -0.39 is 0 Å². The van der Waals surface area contributed by atoms with E-state index in [0.29, 0.717) is 6.54 Å². The molecule has 2 N–H and O–H groups in total. The molecule has 0 aliphatic carbocycles. The lowest BCUT2D eigenvalue weighted by molar-refractivity contribution is 0.608. The minimum atomic E-state index is 0.608. The van der Waals surface area contributed by atoms with Crippen molar-refractivity contribution in [1.82, 2.24) is 9.78 Å². The van der Waals surface area contributed by atoms with Crippen molar-refractivity contribution >= 4 is 11.4 Å². The first-order valence-corrected chi connectivity index (χ1v) is 5.75. The Labute approximate surface area is 102 Å². The summed E-state index contributed by atoms with van der Waals surface area (Å²) in [6.07, 6.45) is 1.89. The van der Waals surface area contributed by atoms with Gasteiger partial charge in [-0.1, -0.05) is 18.2 Å². The third-order valence-electron chi connectivity index (χ3n) is 2.92. The monoisotopic (exact) mass is 230 g/mol. The Balaban J connectivity index is 2.28. The lowest BCUT2D eigenvalue weighted by Crippen LogP contribution is -2.14. The number of nitrogens with two attached hydrogens (primary N) is 1. The Kier molecular flexibility index (Phi) is 3.44. The second-order valence-electron chi connectivity index (χ2n) is 4.02. The highest BCUT2D eigenvalue weighted by molar-refractivity contribution is 5.63. The zero-order valence-corrected chi connectivity index (χ0v) is 10.3. The average Bonchev–Trinajstić information content (AvgIpc) is 2.72. The van der Waals surface area contributed by atoms with Crippen molar-refractivity contribution in [2.75, 3.05) is 18.5 Å². The zero-order chi connectivity index (χ0) is 12.3. The zero-order valence-electron chi connectivity index (χ0n) is 10.3. The smallest absolute Gasteiger partial charge is 0.0824 e. The van der Waals surface area contributed by atoms with E-state index in [-0.39, 0.29) is 0 Å². The van der Waals surface area contributed by atoms with E-state index in [9.17, 15) is 0 Å². The number of benzene rings is 1. The van der Waals surface area contributed by atoms with Crippen molar-refractivity contribution in [2.45, 2.75) is 13.5 Å². The van der Waals surface area contributed by atoms with Crippen LogP contribution in [-0.4, -0.2) is 23.4 Å². The minimum Gasteiger partial charge on any atom is -0.342 e. The summed E-state index contributed by atoms with van der Waals surface area (Å²) in [5, 5.41) is 4.35. The standard InChI is InChI=1S/C13H18N4/c1-11-13(10-15-17(11)9-8-14)16(2)12-6-4-3-5-7-12/h3-7,10H,8-9,14H2,1-2H3. The van der Waals surface area contributed by atoms with Crippen LogP contribution in [0.25, 0.3) is 0 Å². The van der Waals surface area contributed by atoms with E-state index in [0.717, 1.165) is 23.6 Å². The number of hydrogen-bond donors (Lipinski definition) is 1. The number of rotatable bonds is 4. The molecule has 0 fully saturated rings. The second-order valence-corrected chi connectivity index (χ2v) is 4.02. The molecular weight excluding hydrogens is 212 g/mol. The molecule has 1 aromatic carbocycles. The quantitative estimate of drug-likeness (QED) is 0.873. The number of hydrogen-bond acceptors (Lipinski definition) is 3. The topological polar surface area (TPSA) is 47.1 Å². The van der Waals surface area contributed by atoms with Gasteiger partial charge in [-0.3, -0.25) is 4.68 Å². The molecule has 1 aromatic heterocycles. The van der Waals surface area contributed by atoms with Gasteiger partial charge in [0.2, 0.25) is 0 Å². The molecule has 0 saturated carbocycles. The number of para-hydroxylation sites is 1. The van der Waals surface area contributed by atoms with E-state index in [1.807, 2.05) is 36.1 Å². The van der Waals surface area contributed by atoms with Crippen LogP contribution in [0.15, 0.2) is 36.5 Å². The third-order valence-corrected chi connectivity index (χ3v) is 2.92. The Morgan fingerprint density at radius 1 is 1.29 bits per heavy atom. The van der Waals surface area contributed by atoms with Gasteiger partial charge in [0, 0.05) is 19.3 Å². The fourth-order valence-corrected chi connectivity index (χ4v) is 1.90. The van der Waals surface area contributed by atoms with Gasteiger partial charge in [0.25, 0.3) is 0 Å². The summed E-state index contributed by atoms with van der Waals surface area (Å²) in [5.41, 5.74) is 8.96. The molecule has 0 unspecified atom stereocenters. The van der Waals surface area contributed by atoms with Crippen LogP contribution in [0, 0.1) is 6.92 Å². The summed E-state index contributed by atoms with van der Waals surface area (Å²) >= 11 is 0. The highest BCUT2D eigenvalue weighted by atomic mass is 15.3. The number of anilines is 2. The first kappa shape index (κ1) is 11.7. The van der Waals surface area contributed by atoms with Crippen molar-refractivity contribution in [3.05, 3.63) is 42.2 Å². The number of aromatic nitrogens is 2. The molecular formula is C13H18N4. The molecule has 1 heterocycles. The van der Waals surface area contributed by atoms with E-state index in [4.69, 9.17) is 5.73 Å². The largest absolute Gasteiger partial charge is 0.342 e. The van der Waals surface area contributed by atoms with E-state index >= 15 is 0 Å². The fraction of sp³-hybridized carbons (Fsp3) is 0.308. The SMILES string of the molecule is Cc1c(N(C)c2ccccc2)cnn1CCN. The van der Waals surface area contributed by atoms with Crippen molar-refractivity contribution in [1.29, 1.82) is 0 Å². The van der Waals surface area contributed by atoms with E-state index in [1.54, 1.807) is 0 Å². The summed E-state index contributed by atoms with van der Waals surface area (Å²) in [7, 11) is 2.05. The molecule has 90 valence electrons. The van der Waals surface area contributed by atoms with Crippen LogP contribution in [0.2, 0.25) is 0 Å². The van der Waals surface area contributed by atoms with Gasteiger partial charge in [0.15, 0.2) is 0 Å². The lowest BCUT2D eigenvalue weighted by Gasteiger charge is -2.18. The minimum absolute atomic E-state index is 0.608. The van der Waals surface area contributed by atoms with Crippen LogP contribution >= 0.6 is 0 Å². The van der Waals surface area contributed by atoms with Gasteiger partial charge in [-0.2, -0.15) is 5.10 Å². The summed E-state index contributed by atoms with van der Waals surface area (Å²) in [6.45, 7) is 3.43. The first-order chi connectivity index (χ1) is 8.24. The van der Waals surface area contributed by atoms with Crippen molar-refractivity contribution < 1.29 is 0 Å². The molecule has 0 aliphatic heterocycles. The van der Waals surface area contributed by atoms with Gasteiger partial charge in [-0.25, -0.2) is 0 Å². The average molecular weight is 230 g/mol. The van der Waals surface area contributed by atoms with Gasteiger partial charge in [0.05, 0.1) is 24.1 Å². The molecule has 0 amide bonds. The van der Waals surface area contributed by atoms with Crippen molar-refractivity contribution in [2.24, 2.45) is 5.73 Å². The summed E-state index contributed by atoms with van der Waals surface area (Å²) in [6, 6.07) is 10.2. The second kappa shape index (κ2) is 5.01. The number of nitrogens with zero attached hydrogens (tertiary/aromatic N) is 3. The molecule has 0 spiro atoms. The maximum absolute atomic E-state index is 5.55. The van der Waals surface area contributed by atoms with Crippen LogP contribution in [0.3, 0.4) is 0 Å². The highest BCUT2D eigenvalue weighted by Crippen LogP contribution is 2.25. The van der Waals surface area contributed by atoms with Crippen LogP contribution in [0.1, 0.15) is 5.69 Å². The normalized spacial score (nSPS) is 10.5. The summed E-state index contributed by atoms with van der Waals surface area (Å²) in [5.74, 6) is 0. The maximum Gasteiger partial charge on any atom is 0.0824 e. The van der Waals surface area contributed by atoms with Crippen LogP contribution in [0.4, 0.5) is 11.4 Å². The molecule has 2 rings (SSSR count).